The summed E-state index contributed by atoms with van der Waals surface area (Å²) in [6.07, 6.45) is 0.847. The van der Waals surface area contributed by atoms with E-state index in [4.69, 9.17) is 0 Å². The zero-order valence-electron chi connectivity index (χ0n) is 15.7. The summed E-state index contributed by atoms with van der Waals surface area (Å²) >= 11 is 1.71. The van der Waals surface area contributed by atoms with Gasteiger partial charge in [-0.1, -0.05) is 42.5 Å². The van der Waals surface area contributed by atoms with Gasteiger partial charge < -0.3 is 15.5 Å². The third-order valence-electron chi connectivity index (χ3n) is 4.91. The normalized spacial score (nSPS) is 16.7. The predicted octanol–water partition coefficient (Wildman–Crippen LogP) is 3.27. The van der Waals surface area contributed by atoms with Crippen molar-refractivity contribution in [2.45, 2.75) is 12.5 Å². The largest absolute Gasteiger partial charge is 0.353 e. The number of carbonyl (C=O) groups excluding carboxylic acids is 1. The van der Waals surface area contributed by atoms with E-state index in [1.54, 1.807) is 17.4 Å². The summed E-state index contributed by atoms with van der Waals surface area (Å²) in [5.74, 6) is 0.737. The third kappa shape index (κ3) is 4.58. The van der Waals surface area contributed by atoms with Crippen molar-refractivity contribution in [1.29, 1.82) is 0 Å². The van der Waals surface area contributed by atoms with E-state index in [9.17, 15) is 4.79 Å². The van der Waals surface area contributed by atoms with Crippen molar-refractivity contribution in [2.24, 2.45) is 0 Å². The fourth-order valence-electron chi connectivity index (χ4n) is 3.44. The number of anilines is 1. The third-order valence-corrected chi connectivity index (χ3v) is 5.84. The lowest BCUT2D eigenvalue weighted by atomic mass is 10.0. The first-order valence-electron chi connectivity index (χ1n) is 9.60. The van der Waals surface area contributed by atoms with Crippen LogP contribution in [-0.2, 0) is 6.42 Å². The summed E-state index contributed by atoms with van der Waals surface area (Å²) in [6.45, 7) is 3.22. The Morgan fingerprint density at radius 1 is 1.14 bits per heavy atom. The van der Waals surface area contributed by atoms with Gasteiger partial charge in [0.1, 0.15) is 11.5 Å². The molecule has 4 rings (SSSR count). The molecule has 3 heterocycles. The van der Waals surface area contributed by atoms with Crippen molar-refractivity contribution >= 4 is 23.1 Å². The summed E-state index contributed by atoms with van der Waals surface area (Å²) in [4.78, 5) is 20.6. The van der Waals surface area contributed by atoms with Gasteiger partial charge in [0.05, 0.1) is 0 Å². The van der Waals surface area contributed by atoms with Crippen LogP contribution in [0.25, 0.3) is 0 Å². The molecule has 1 aromatic carbocycles. The highest BCUT2D eigenvalue weighted by atomic mass is 32.1. The number of piperazine rings is 1. The van der Waals surface area contributed by atoms with Crippen LogP contribution in [0.15, 0.2) is 66.0 Å². The number of hydrogen-bond acceptors (Lipinski definition) is 5. The molecule has 1 aliphatic rings. The lowest BCUT2D eigenvalue weighted by Gasteiger charge is -2.34. The molecule has 144 valence electrons. The van der Waals surface area contributed by atoms with Crippen LogP contribution in [0.5, 0.6) is 0 Å². The maximum Gasteiger partial charge on any atom is 0.269 e. The maximum absolute atomic E-state index is 12.5. The van der Waals surface area contributed by atoms with Crippen LogP contribution in [0.2, 0.25) is 0 Å². The van der Waals surface area contributed by atoms with Crippen molar-refractivity contribution in [2.75, 3.05) is 31.1 Å². The predicted molar refractivity (Wildman–Crippen MR) is 114 cm³/mol. The molecule has 0 saturated carbocycles. The summed E-state index contributed by atoms with van der Waals surface area (Å²) in [5, 5.41) is 8.60. The van der Waals surface area contributed by atoms with Crippen LogP contribution in [0.4, 0.5) is 5.82 Å². The van der Waals surface area contributed by atoms with Gasteiger partial charge in [-0.2, -0.15) is 0 Å². The van der Waals surface area contributed by atoms with Crippen LogP contribution in [0.3, 0.4) is 0 Å². The molecule has 0 spiro atoms. The van der Waals surface area contributed by atoms with Crippen molar-refractivity contribution in [1.82, 2.24) is 15.6 Å². The topological polar surface area (TPSA) is 57.3 Å². The van der Waals surface area contributed by atoms with Gasteiger partial charge in [-0.05, 0) is 35.6 Å². The second-order valence-corrected chi connectivity index (χ2v) is 7.86. The Bertz CT molecular complexity index is 898. The second-order valence-electron chi connectivity index (χ2n) is 6.83. The Morgan fingerprint density at radius 3 is 2.86 bits per heavy atom. The Kier molecular flexibility index (Phi) is 5.99. The van der Waals surface area contributed by atoms with Gasteiger partial charge in [0.15, 0.2) is 0 Å². The van der Waals surface area contributed by atoms with E-state index in [1.165, 1.54) is 10.4 Å². The lowest BCUT2D eigenvalue weighted by molar-refractivity contribution is 0.0949. The fraction of sp³-hybridized carbons (Fsp3) is 0.273. The number of carbonyl (C=O) groups is 1. The molecular formula is C22H24N4OS. The smallest absolute Gasteiger partial charge is 0.269 e. The number of nitrogens with zero attached hydrogens (tertiary/aromatic N) is 2. The molecule has 1 fully saturated rings. The molecule has 5 nitrogen and oxygen atoms in total. The average Bonchev–Trinajstić information content (AvgIpc) is 3.28. The van der Waals surface area contributed by atoms with E-state index in [-0.39, 0.29) is 11.9 Å². The molecular weight excluding hydrogens is 368 g/mol. The van der Waals surface area contributed by atoms with Crippen molar-refractivity contribution < 1.29 is 4.79 Å². The molecule has 0 unspecified atom stereocenters. The first kappa shape index (κ1) is 18.7. The highest BCUT2D eigenvalue weighted by molar-refractivity contribution is 7.09. The number of hydrogen-bond donors (Lipinski definition) is 2. The number of nitrogens with one attached hydrogen (secondary N) is 2. The average molecular weight is 393 g/mol. The van der Waals surface area contributed by atoms with E-state index in [1.807, 2.05) is 24.3 Å². The molecule has 2 aromatic heterocycles. The Morgan fingerprint density at radius 2 is 2.04 bits per heavy atom. The molecule has 28 heavy (non-hydrogen) atoms. The van der Waals surface area contributed by atoms with E-state index < -0.39 is 0 Å². The number of rotatable bonds is 6. The summed E-state index contributed by atoms with van der Waals surface area (Å²) in [5.41, 5.74) is 1.74. The van der Waals surface area contributed by atoms with Crippen LogP contribution >= 0.6 is 11.3 Å². The molecule has 0 radical (unpaired) electrons. The van der Waals surface area contributed by atoms with E-state index in [0.29, 0.717) is 12.2 Å². The number of amides is 1. The quantitative estimate of drug-likeness (QED) is 0.676. The highest BCUT2D eigenvalue weighted by Crippen LogP contribution is 2.21. The Balaban J connectivity index is 1.39. The van der Waals surface area contributed by atoms with Crippen LogP contribution in [0.1, 0.15) is 27.0 Å². The van der Waals surface area contributed by atoms with Crippen molar-refractivity contribution in [3.05, 3.63) is 82.2 Å². The van der Waals surface area contributed by atoms with E-state index in [2.05, 4.69) is 56.2 Å². The Labute approximate surface area is 169 Å². The maximum atomic E-state index is 12.5. The van der Waals surface area contributed by atoms with Crippen LogP contribution < -0.4 is 15.5 Å². The van der Waals surface area contributed by atoms with E-state index in [0.717, 1.165) is 31.9 Å². The van der Waals surface area contributed by atoms with Gasteiger partial charge in [-0.3, -0.25) is 4.79 Å². The van der Waals surface area contributed by atoms with E-state index >= 15 is 0 Å². The van der Waals surface area contributed by atoms with Gasteiger partial charge in [0.2, 0.25) is 0 Å². The molecule has 0 aliphatic carbocycles. The number of benzene rings is 1. The molecule has 2 N–H and O–H groups in total. The molecule has 1 aliphatic heterocycles. The van der Waals surface area contributed by atoms with Gasteiger partial charge in [-0.25, -0.2) is 4.98 Å². The molecule has 6 heteroatoms. The SMILES string of the molecule is O=C(NCCc1cccs1)c1cccc(N2CCN[C@@H](c3ccccc3)C2)n1. The molecule has 1 saturated heterocycles. The minimum atomic E-state index is -0.117. The molecule has 1 atom stereocenters. The van der Waals surface area contributed by atoms with Gasteiger partial charge in [0, 0.05) is 37.1 Å². The first-order chi connectivity index (χ1) is 13.8. The first-order valence-corrected chi connectivity index (χ1v) is 10.5. The number of pyridine rings is 1. The second kappa shape index (κ2) is 8.99. The summed E-state index contributed by atoms with van der Waals surface area (Å²) in [6, 6.07) is 20.5. The minimum Gasteiger partial charge on any atom is -0.353 e. The van der Waals surface area contributed by atoms with Crippen LogP contribution in [-0.4, -0.2) is 37.1 Å². The standard InChI is InChI=1S/C22H24N4OS/c27-22(24-12-11-18-8-5-15-28-18)19-9-4-10-21(25-19)26-14-13-23-20(16-26)17-6-2-1-3-7-17/h1-10,15,20,23H,11-14,16H2,(H,24,27)/t20-/m1/s1. The zero-order valence-corrected chi connectivity index (χ0v) is 16.5. The van der Waals surface area contributed by atoms with Gasteiger partial charge in [0.25, 0.3) is 5.91 Å². The summed E-state index contributed by atoms with van der Waals surface area (Å²) in [7, 11) is 0. The summed E-state index contributed by atoms with van der Waals surface area (Å²) < 4.78 is 0. The molecule has 3 aromatic rings. The van der Waals surface area contributed by atoms with Crippen molar-refractivity contribution in [3.63, 3.8) is 0 Å². The van der Waals surface area contributed by atoms with Crippen molar-refractivity contribution in [3.8, 4) is 0 Å². The number of aromatic nitrogens is 1. The zero-order chi connectivity index (χ0) is 19.2. The van der Waals surface area contributed by atoms with Gasteiger partial charge >= 0.3 is 0 Å². The fourth-order valence-corrected chi connectivity index (χ4v) is 4.15. The molecule has 0 bridgehead atoms. The molecule has 1 amide bonds. The van der Waals surface area contributed by atoms with Gasteiger partial charge in [-0.15, -0.1) is 11.3 Å². The Hall–Kier alpha value is -2.70. The number of thiophene rings is 1. The lowest BCUT2D eigenvalue weighted by Crippen LogP contribution is -2.46. The highest BCUT2D eigenvalue weighted by Gasteiger charge is 2.22. The van der Waals surface area contributed by atoms with Crippen LogP contribution in [0, 0.1) is 0 Å². The monoisotopic (exact) mass is 392 g/mol. The minimum absolute atomic E-state index is 0.117.